The van der Waals surface area contributed by atoms with E-state index in [1.165, 1.54) is 57.8 Å². The first-order valence-electron chi connectivity index (χ1n) is 13.1. The molecule has 0 aromatic heterocycles. The molecular weight excluding hydrogens is 374 g/mol. The molecule has 0 nitrogen and oxygen atoms in total. The molecule has 0 aliphatic heterocycles. The lowest BCUT2D eigenvalue weighted by atomic mass is 9.63. The van der Waals surface area contributed by atoms with Crippen molar-refractivity contribution < 1.29 is 8.78 Å². The van der Waals surface area contributed by atoms with Crippen LogP contribution >= 0.6 is 0 Å². The number of hydrogen-bond acceptors (Lipinski definition) is 0. The minimum absolute atomic E-state index is 0.232. The average molecular weight is 417 g/mol. The van der Waals surface area contributed by atoms with Crippen molar-refractivity contribution in [2.75, 3.05) is 0 Å². The highest BCUT2D eigenvalue weighted by molar-refractivity contribution is 5.38. The van der Waals surface area contributed by atoms with Crippen LogP contribution in [0.4, 0.5) is 8.78 Å². The van der Waals surface area contributed by atoms with E-state index in [-0.39, 0.29) is 5.92 Å². The summed E-state index contributed by atoms with van der Waals surface area (Å²) in [7, 11) is 0. The summed E-state index contributed by atoms with van der Waals surface area (Å²) < 4.78 is 30.3. The Kier molecular flexibility index (Phi) is 7.53. The van der Waals surface area contributed by atoms with E-state index in [0.29, 0.717) is 17.0 Å². The lowest BCUT2D eigenvalue weighted by molar-refractivity contribution is 0.112. The lowest BCUT2D eigenvalue weighted by Gasteiger charge is -2.42. The van der Waals surface area contributed by atoms with E-state index in [1.807, 2.05) is 0 Å². The van der Waals surface area contributed by atoms with Crippen LogP contribution in [0, 0.1) is 35.3 Å². The van der Waals surface area contributed by atoms with Gasteiger partial charge in [-0.2, -0.15) is 0 Å². The highest BCUT2D eigenvalue weighted by Gasteiger charge is 2.37. The monoisotopic (exact) mass is 416 g/mol. The SMILES string of the molecule is CCCCC1CCc2cc(C3CCC4CC(CCCC)CCC4C3)c(F)c(F)c2C1. The van der Waals surface area contributed by atoms with Crippen LogP contribution in [0.2, 0.25) is 0 Å². The minimum atomic E-state index is -0.509. The van der Waals surface area contributed by atoms with Gasteiger partial charge >= 0.3 is 0 Å². The van der Waals surface area contributed by atoms with Gasteiger partial charge in [0.05, 0.1) is 0 Å². The van der Waals surface area contributed by atoms with Crippen molar-refractivity contribution >= 4 is 0 Å². The normalized spacial score (nSPS) is 31.3. The van der Waals surface area contributed by atoms with Gasteiger partial charge in [0.1, 0.15) is 0 Å². The molecule has 3 aliphatic carbocycles. The smallest absolute Gasteiger partial charge is 0.162 e. The molecule has 5 atom stereocenters. The van der Waals surface area contributed by atoms with Gasteiger partial charge < -0.3 is 0 Å². The first kappa shape index (κ1) is 22.3. The van der Waals surface area contributed by atoms with Crippen molar-refractivity contribution in [2.45, 2.75) is 116 Å². The summed E-state index contributed by atoms with van der Waals surface area (Å²) in [5.74, 6) is 2.24. The summed E-state index contributed by atoms with van der Waals surface area (Å²) in [6.07, 6.45) is 17.8. The Balaban J connectivity index is 1.44. The molecule has 0 bridgehead atoms. The summed E-state index contributed by atoms with van der Waals surface area (Å²) >= 11 is 0. The summed E-state index contributed by atoms with van der Waals surface area (Å²) in [5.41, 5.74) is 2.53. The van der Waals surface area contributed by atoms with Crippen LogP contribution in [0.5, 0.6) is 0 Å². The molecule has 0 amide bonds. The zero-order valence-corrected chi connectivity index (χ0v) is 19.3. The number of fused-ring (bicyclic) bond motifs is 2. The molecule has 2 heteroatoms. The average Bonchev–Trinajstić information content (AvgIpc) is 2.78. The van der Waals surface area contributed by atoms with Crippen molar-refractivity contribution in [1.82, 2.24) is 0 Å². The Morgan fingerprint density at radius 3 is 2.27 bits per heavy atom. The number of hydrogen-bond donors (Lipinski definition) is 0. The molecule has 168 valence electrons. The Labute approximate surface area is 183 Å². The van der Waals surface area contributed by atoms with E-state index in [4.69, 9.17) is 0 Å². The molecule has 0 heterocycles. The van der Waals surface area contributed by atoms with Gasteiger partial charge in [-0.25, -0.2) is 8.78 Å². The molecule has 0 saturated heterocycles. The number of unbranched alkanes of at least 4 members (excludes halogenated alkanes) is 2. The maximum absolute atomic E-state index is 15.2. The Bertz CT molecular complexity index is 709. The van der Waals surface area contributed by atoms with Crippen molar-refractivity contribution in [1.29, 1.82) is 0 Å². The summed E-state index contributed by atoms with van der Waals surface area (Å²) in [6.45, 7) is 4.49. The van der Waals surface area contributed by atoms with Crippen molar-refractivity contribution in [3.63, 3.8) is 0 Å². The standard InChI is InChI=1S/C28H42F2/c1-3-5-7-19-9-11-22-17-23(14-13-21(22)15-19)26-18-24-12-10-20(8-6-4-2)16-25(24)27(29)28(26)30/h18-23H,3-17H2,1-2H3. The molecule has 0 spiro atoms. The second-order valence-electron chi connectivity index (χ2n) is 10.8. The zero-order chi connectivity index (χ0) is 21.1. The second kappa shape index (κ2) is 10.1. The highest BCUT2D eigenvalue weighted by Crippen LogP contribution is 2.49. The Morgan fingerprint density at radius 2 is 1.50 bits per heavy atom. The molecule has 2 saturated carbocycles. The summed E-state index contributed by atoms with van der Waals surface area (Å²) in [5, 5.41) is 0. The quantitative estimate of drug-likeness (QED) is 0.417. The van der Waals surface area contributed by atoms with Crippen LogP contribution in [0.3, 0.4) is 0 Å². The third-order valence-corrected chi connectivity index (χ3v) is 8.84. The predicted octanol–water partition coefficient (Wildman–Crippen LogP) is 8.75. The Hall–Kier alpha value is -0.920. The molecule has 1 aromatic carbocycles. The van der Waals surface area contributed by atoms with E-state index >= 15 is 8.78 Å². The molecule has 5 unspecified atom stereocenters. The van der Waals surface area contributed by atoms with Gasteiger partial charge in [-0.05, 0) is 97.6 Å². The molecule has 30 heavy (non-hydrogen) atoms. The van der Waals surface area contributed by atoms with Gasteiger partial charge in [-0.15, -0.1) is 0 Å². The van der Waals surface area contributed by atoms with Gasteiger partial charge in [0, 0.05) is 0 Å². The maximum atomic E-state index is 15.2. The fourth-order valence-corrected chi connectivity index (χ4v) is 6.99. The molecule has 3 aliphatic rings. The zero-order valence-electron chi connectivity index (χ0n) is 19.3. The number of benzene rings is 1. The van der Waals surface area contributed by atoms with Crippen LogP contribution in [-0.4, -0.2) is 0 Å². The summed E-state index contributed by atoms with van der Waals surface area (Å²) in [4.78, 5) is 0. The number of rotatable bonds is 7. The van der Waals surface area contributed by atoms with E-state index in [1.54, 1.807) is 0 Å². The van der Waals surface area contributed by atoms with Crippen LogP contribution in [-0.2, 0) is 12.8 Å². The maximum Gasteiger partial charge on any atom is 0.162 e. The molecule has 0 N–H and O–H groups in total. The predicted molar refractivity (Wildman–Crippen MR) is 122 cm³/mol. The first-order chi connectivity index (χ1) is 14.6. The van der Waals surface area contributed by atoms with E-state index in [2.05, 4.69) is 19.9 Å². The largest absolute Gasteiger partial charge is 0.203 e. The third-order valence-electron chi connectivity index (χ3n) is 8.84. The molecule has 2 fully saturated rings. The highest BCUT2D eigenvalue weighted by atomic mass is 19.2. The fourth-order valence-electron chi connectivity index (χ4n) is 6.99. The Morgan fingerprint density at radius 1 is 0.800 bits per heavy atom. The molecular formula is C28H42F2. The van der Waals surface area contributed by atoms with Gasteiger partial charge in [-0.1, -0.05) is 64.9 Å². The molecule has 4 rings (SSSR count). The van der Waals surface area contributed by atoms with E-state index < -0.39 is 11.6 Å². The third kappa shape index (κ3) is 4.78. The van der Waals surface area contributed by atoms with Gasteiger partial charge in [0.25, 0.3) is 0 Å². The van der Waals surface area contributed by atoms with Crippen LogP contribution in [0.15, 0.2) is 6.07 Å². The lowest BCUT2D eigenvalue weighted by Crippen LogP contribution is -2.31. The van der Waals surface area contributed by atoms with Crippen LogP contribution in [0.1, 0.15) is 120 Å². The number of aryl methyl sites for hydroxylation is 1. The fraction of sp³-hybridized carbons (Fsp3) is 0.786. The van der Waals surface area contributed by atoms with Crippen LogP contribution < -0.4 is 0 Å². The second-order valence-corrected chi connectivity index (χ2v) is 10.8. The van der Waals surface area contributed by atoms with Gasteiger partial charge in [-0.3, -0.25) is 0 Å². The van der Waals surface area contributed by atoms with E-state index in [9.17, 15) is 0 Å². The summed E-state index contributed by atoms with van der Waals surface area (Å²) in [6, 6.07) is 2.08. The van der Waals surface area contributed by atoms with Gasteiger partial charge in [0.2, 0.25) is 0 Å². The molecule has 1 aromatic rings. The van der Waals surface area contributed by atoms with Crippen molar-refractivity contribution in [3.05, 3.63) is 34.4 Å². The number of halogens is 2. The topological polar surface area (TPSA) is 0 Å². The van der Waals surface area contributed by atoms with Crippen molar-refractivity contribution in [3.8, 4) is 0 Å². The van der Waals surface area contributed by atoms with Crippen molar-refractivity contribution in [2.24, 2.45) is 23.7 Å². The molecule has 0 radical (unpaired) electrons. The van der Waals surface area contributed by atoms with E-state index in [0.717, 1.165) is 61.8 Å². The minimum Gasteiger partial charge on any atom is -0.203 e. The van der Waals surface area contributed by atoms with Gasteiger partial charge in [0.15, 0.2) is 11.6 Å². The first-order valence-corrected chi connectivity index (χ1v) is 13.1. The van der Waals surface area contributed by atoms with Crippen LogP contribution in [0.25, 0.3) is 0 Å².